The Morgan fingerprint density at radius 3 is 2.74 bits per heavy atom. The van der Waals surface area contributed by atoms with Crippen LogP contribution in [0.5, 0.6) is 0 Å². The van der Waals surface area contributed by atoms with Crippen LogP contribution < -0.4 is 5.32 Å². The Bertz CT molecular complexity index is 436. The summed E-state index contributed by atoms with van der Waals surface area (Å²) in [6.45, 7) is 4.24. The van der Waals surface area contributed by atoms with Crippen molar-refractivity contribution in [3.05, 3.63) is 54.4 Å². The van der Waals surface area contributed by atoms with Gasteiger partial charge in [0.25, 0.3) is 0 Å². The van der Waals surface area contributed by atoms with Crippen molar-refractivity contribution >= 4 is 0 Å². The van der Waals surface area contributed by atoms with Crippen molar-refractivity contribution in [1.29, 1.82) is 0 Å². The van der Waals surface area contributed by atoms with Crippen molar-refractivity contribution < 1.29 is 0 Å². The van der Waals surface area contributed by atoms with E-state index in [2.05, 4.69) is 47.7 Å². The molecular weight excluding hydrogens is 234 g/mol. The lowest BCUT2D eigenvalue weighted by atomic mass is 10.0. The van der Waals surface area contributed by atoms with Crippen molar-refractivity contribution in [1.82, 2.24) is 15.1 Å². The van der Waals surface area contributed by atoms with Gasteiger partial charge in [0, 0.05) is 25.0 Å². The smallest absolute Gasteiger partial charge is 0.0489 e. The fourth-order valence-electron chi connectivity index (χ4n) is 2.31. The van der Waals surface area contributed by atoms with E-state index in [1.54, 1.807) is 0 Å². The molecule has 102 valence electrons. The van der Waals surface area contributed by atoms with E-state index in [0.717, 1.165) is 19.5 Å². The second kappa shape index (κ2) is 7.74. The second-order valence-electron chi connectivity index (χ2n) is 4.83. The number of nitrogens with zero attached hydrogens (tertiary/aromatic N) is 2. The van der Waals surface area contributed by atoms with Crippen LogP contribution in [0, 0.1) is 0 Å². The van der Waals surface area contributed by atoms with Crippen molar-refractivity contribution in [2.75, 3.05) is 6.54 Å². The van der Waals surface area contributed by atoms with Crippen LogP contribution >= 0.6 is 0 Å². The average Bonchev–Trinajstić information content (AvgIpc) is 2.96. The second-order valence-corrected chi connectivity index (χ2v) is 4.83. The molecule has 2 aromatic rings. The molecule has 19 heavy (non-hydrogen) atoms. The Morgan fingerprint density at radius 1 is 1.21 bits per heavy atom. The van der Waals surface area contributed by atoms with Crippen LogP contribution in [0.4, 0.5) is 0 Å². The molecule has 0 amide bonds. The third-order valence-corrected chi connectivity index (χ3v) is 3.29. The topological polar surface area (TPSA) is 29.9 Å². The number of rotatable bonds is 8. The minimum atomic E-state index is 0.476. The molecule has 0 aliphatic heterocycles. The van der Waals surface area contributed by atoms with E-state index in [9.17, 15) is 0 Å². The Balaban J connectivity index is 1.77. The highest BCUT2D eigenvalue weighted by Gasteiger charge is 2.08. The third-order valence-electron chi connectivity index (χ3n) is 3.29. The Labute approximate surface area is 115 Å². The van der Waals surface area contributed by atoms with Crippen LogP contribution in [0.3, 0.4) is 0 Å². The number of hydrogen-bond acceptors (Lipinski definition) is 2. The highest BCUT2D eigenvalue weighted by molar-refractivity contribution is 5.18. The van der Waals surface area contributed by atoms with Crippen LogP contribution in [-0.4, -0.2) is 16.3 Å². The summed E-state index contributed by atoms with van der Waals surface area (Å²) in [6.07, 6.45) is 7.34. The van der Waals surface area contributed by atoms with Crippen molar-refractivity contribution in [2.24, 2.45) is 0 Å². The molecule has 0 radical (unpaired) electrons. The molecule has 0 aliphatic carbocycles. The van der Waals surface area contributed by atoms with Crippen LogP contribution in [0.25, 0.3) is 0 Å². The van der Waals surface area contributed by atoms with Gasteiger partial charge in [-0.3, -0.25) is 4.68 Å². The standard InChI is InChI=1S/C16H23N3/c1-2-8-16(15-9-4-3-5-10-15)17-11-6-13-19-14-7-12-18-19/h3-5,7,9-10,12,14,16-17H,2,6,8,11,13H2,1H3. The van der Waals surface area contributed by atoms with Crippen LogP contribution in [0.1, 0.15) is 37.8 Å². The van der Waals surface area contributed by atoms with Gasteiger partial charge in [-0.05, 0) is 31.0 Å². The molecule has 0 saturated heterocycles. The molecular formula is C16H23N3. The zero-order valence-corrected chi connectivity index (χ0v) is 11.6. The molecule has 1 aromatic carbocycles. The molecule has 1 atom stereocenters. The fourth-order valence-corrected chi connectivity index (χ4v) is 2.31. The summed E-state index contributed by atoms with van der Waals surface area (Å²) >= 11 is 0. The van der Waals surface area contributed by atoms with Gasteiger partial charge in [-0.1, -0.05) is 43.7 Å². The molecule has 3 heteroatoms. The van der Waals surface area contributed by atoms with Gasteiger partial charge in [-0.25, -0.2) is 0 Å². The maximum Gasteiger partial charge on any atom is 0.0489 e. The molecule has 0 spiro atoms. The Hall–Kier alpha value is -1.61. The predicted molar refractivity (Wildman–Crippen MR) is 78.9 cm³/mol. The Morgan fingerprint density at radius 2 is 2.05 bits per heavy atom. The number of nitrogens with one attached hydrogen (secondary N) is 1. The molecule has 3 nitrogen and oxygen atoms in total. The van der Waals surface area contributed by atoms with E-state index in [4.69, 9.17) is 0 Å². The first-order chi connectivity index (χ1) is 9.40. The normalized spacial score (nSPS) is 12.5. The van der Waals surface area contributed by atoms with Gasteiger partial charge in [-0.2, -0.15) is 5.10 Å². The molecule has 1 N–H and O–H groups in total. The summed E-state index contributed by atoms with van der Waals surface area (Å²) in [6, 6.07) is 13.2. The summed E-state index contributed by atoms with van der Waals surface area (Å²) in [5, 5.41) is 7.87. The first-order valence-electron chi connectivity index (χ1n) is 7.16. The van der Waals surface area contributed by atoms with E-state index in [0.29, 0.717) is 6.04 Å². The van der Waals surface area contributed by atoms with Gasteiger partial charge < -0.3 is 5.32 Å². The summed E-state index contributed by atoms with van der Waals surface area (Å²) < 4.78 is 1.99. The number of benzene rings is 1. The lowest BCUT2D eigenvalue weighted by Crippen LogP contribution is -2.23. The van der Waals surface area contributed by atoms with Crippen LogP contribution in [0.2, 0.25) is 0 Å². The minimum Gasteiger partial charge on any atom is -0.310 e. The van der Waals surface area contributed by atoms with Crippen molar-refractivity contribution in [3.63, 3.8) is 0 Å². The van der Waals surface area contributed by atoms with Crippen LogP contribution in [-0.2, 0) is 6.54 Å². The summed E-state index contributed by atoms with van der Waals surface area (Å²) in [7, 11) is 0. The molecule has 0 saturated carbocycles. The highest BCUT2D eigenvalue weighted by Crippen LogP contribution is 2.17. The highest BCUT2D eigenvalue weighted by atomic mass is 15.3. The Kier molecular flexibility index (Phi) is 5.63. The predicted octanol–water partition coefficient (Wildman–Crippen LogP) is 3.40. The SMILES string of the molecule is CCCC(NCCCn1cccn1)c1ccccc1. The van der Waals surface area contributed by atoms with Gasteiger partial charge >= 0.3 is 0 Å². The summed E-state index contributed by atoms with van der Waals surface area (Å²) in [5.41, 5.74) is 1.39. The van der Waals surface area contributed by atoms with Gasteiger partial charge in [0.2, 0.25) is 0 Å². The lowest BCUT2D eigenvalue weighted by molar-refractivity contribution is 0.464. The largest absolute Gasteiger partial charge is 0.310 e. The summed E-state index contributed by atoms with van der Waals surface area (Å²) in [5.74, 6) is 0. The van der Waals surface area contributed by atoms with E-state index < -0.39 is 0 Å². The van der Waals surface area contributed by atoms with Crippen molar-refractivity contribution in [2.45, 2.75) is 38.8 Å². The van der Waals surface area contributed by atoms with Crippen molar-refractivity contribution in [3.8, 4) is 0 Å². The zero-order chi connectivity index (χ0) is 13.3. The molecule has 1 aromatic heterocycles. The molecule has 1 unspecified atom stereocenters. The van der Waals surface area contributed by atoms with Crippen LogP contribution in [0.15, 0.2) is 48.8 Å². The number of aromatic nitrogens is 2. The van der Waals surface area contributed by atoms with E-state index in [1.165, 1.54) is 18.4 Å². The lowest BCUT2D eigenvalue weighted by Gasteiger charge is -2.18. The summed E-state index contributed by atoms with van der Waals surface area (Å²) in [4.78, 5) is 0. The number of aryl methyl sites for hydroxylation is 1. The van der Waals surface area contributed by atoms with E-state index in [-0.39, 0.29) is 0 Å². The van der Waals surface area contributed by atoms with Gasteiger partial charge in [0.1, 0.15) is 0 Å². The maximum absolute atomic E-state index is 4.22. The quantitative estimate of drug-likeness (QED) is 0.734. The third kappa shape index (κ3) is 4.52. The van der Waals surface area contributed by atoms with E-state index in [1.807, 2.05) is 23.1 Å². The maximum atomic E-state index is 4.22. The molecule has 0 fully saturated rings. The minimum absolute atomic E-state index is 0.476. The molecule has 2 rings (SSSR count). The monoisotopic (exact) mass is 257 g/mol. The zero-order valence-electron chi connectivity index (χ0n) is 11.6. The number of hydrogen-bond donors (Lipinski definition) is 1. The molecule has 0 bridgehead atoms. The first kappa shape index (κ1) is 13.8. The molecule has 1 heterocycles. The van der Waals surface area contributed by atoms with Gasteiger partial charge in [0.05, 0.1) is 0 Å². The van der Waals surface area contributed by atoms with E-state index >= 15 is 0 Å². The molecule has 0 aliphatic rings. The average molecular weight is 257 g/mol. The first-order valence-corrected chi connectivity index (χ1v) is 7.16. The van der Waals surface area contributed by atoms with Gasteiger partial charge in [-0.15, -0.1) is 0 Å². The fraction of sp³-hybridized carbons (Fsp3) is 0.438. The van der Waals surface area contributed by atoms with Gasteiger partial charge in [0.15, 0.2) is 0 Å².